The second kappa shape index (κ2) is 9.44. The van der Waals surface area contributed by atoms with Gasteiger partial charge in [-0.2, -0.15) is 4.98 Å². The van der Waals surface area contributed by atoms with Gasteiger partial charge in [0.25, 0.3) is 0 Å². The molecule has 0 aliphatic carbocycles. The number of sulfone groups is 1. The van der Waals surface area contributed by atoms with E-state index < -0.39 is 9.84 Å². The van der Waals surface area contributed by atoms with E-state index in [1.54, 1.807) is 30.3 Å². The molecular weight excluding hydrogens is 446 g/mol. The number of nitrogens with zero attached hydrogens (tertiary/aromatic N) is 3. The number of rotatable bonds is 6. The SMILES string of the molecule is Cc1ccccc1-c1nc(S(=O)(=O)c2ccccc2)c(N2CCN(Cc3ccccc3)CC2)o1. The lowest BCUT2D eigenvalue weighted by atomic mass is 10.1. The molecule has 1 aromatic heterocycles. The van der Waals surface area contributed by atoms with Crippen LogP contribution in [-0.2, 0) is 16.4 Å². The van der Waals surface area contributed by atoms with Gasteiger partial charge in [0.1, 0.15) is 0 Å². The highest BCUT2D eigenvalue weighted by Crippen LogP contribution is 2.36. The fourth-order valence-corrected chi connectivity index (χ4v) is 5.61. The summed E-state index contributed by atoms with van der Waals surface area (Å²) in [5, 5.41) is -0.0199. The van der Waals surface area contributed by atoms with E-state index >= 15 is 0 Å². The summed E-state index contributed by atoms with van der Waals surface area (Å²) in [5.41, 5.74) is 3.04. The van der Waals surface area contributed by atoms with Crippen LogP contribution in [0.15, 0.2) is 99.3 Å². The van der Waals surface area contributed by atoms with Crippen molar-refractivity contribution in [2.75, 3.05) is 31.1 Å². The summed E-state index contributed by atoms with van der Waals surface area (Å²) < 4.78 is 33.3. The molecule has 34 heavy (non-hydrogen) atoms. The van der Waals surface area contributed by atoms with E-state index in [4.69, 9.17) is 4.42 Å². The van der Waals surface area contributed by atoms with Gasteiger partial charge in [0, 0.05) is 38.3 Å². The molecule has 0 bridgehead atoms. The van der Waals surface area contributed by atoms with E-state index in [2.05, 4.69) is 22.0 Å². The lowest BCUT2D eigenvalue weighted by Gasteiger charge is -2.34. The van der Waals surface area contributed by atoms with Crippen molar-refractivity contribution in [2.24, 2.45) is 0 Å². The summed E-state index contributed by atoms with van der Waals surface area (Å²) in [5.74, 6) is 0.649. The Labute approximate surface area is 200 Å². The van der Waals surface area contributed by atoms with E-state index in [9.17, 15) is 8.42 Å². The zero-order valence-corrected chi connectivity index (χ0v) is 19.9. The second-order valence-electron chi connectivity index (χ2n) is 8.51. The quantitative estimate of drug-likeness (QED) is 0.401. The molecule has 0 unspecified atom stereocenters. The predicted octanol–water partition coefficient (Wildman–Crippen LogP) is 4.81. The van der Waals surface area contributed by atoms with Gasteiger partial charge in [-0.05, 0) is 36.2 Å². The van der Waals surface area contributed by atoms with Gasteiger partial charge < -0.3 is 9.32 Å². The third-order valence-electron chi connectivity index (χ3n) is 6.17. The lowest BCUT2D eigenvalue weighted by Crippen LogP contribution is -2.46. The fraction of sp³-hybridized carbons (Fsp3) is 0.222. The zero-order valence-electron chi connectivity index (χ0n) is 19.1. The third kappa shape index (κ3) is 4.49. The Balaban J connectivity index is 1.47. The first-order chi connectivity index (χ1) is 16.5. The standard InChI is InChI=1S/C27H27N3O3S/c1-21-10-8-9-15-24(21)25-28-26(34(31,32)23-13-6-3-7-14-23)27(33-25)30-18-16-29(17-19-30)20-22-11-4-2-5-12-22/h2-15H,16-20H2,1H3. The third-order valence-corrected chi connectivity index (χ3v) is 7.84. The fourth-order valence-electron chi connectivity index (χ4n) is 4.26. The van der Waals surface area contributed by atoms with E-state index in [1.807, 2.05) is 54.3 Å². The van der Waals surface area contributed by atoms with Gasteiger partial charge >= 0.3 is 0 Å². The predicted molar refractivity (Wildman–Crippen MR) is 133 cm³/mol. The van der Waals surface area contributed by atoms with E-state index in [1.165, 1.54) is 5.56 Å². The summed E-state index contributed by atoms with van der Waals surface area (Å²) in [6.45, 7) is 5.76. The molecule has 1 fully saturated rings. The van der Waals surface area contributed by atoms with Crippen molar-refractivity contribution in [2.45, 2.75) is 23.4 Å². The first-order valence-electron chi connectivity index (χ1n) is 11.4. The van der Waals surface area contributed by atoms with Crippen molar-refractivity contribution in [3.63, 3.8) is 0 Å². The van der Waals surface area contributed by atoms with Crippen LogP contribution in [0.2, 0.25) is 0 Å². The van der Waals surface area contributed by atoms with Gasteiger partial charge in [-0.1, -0.05) is 66.7 Å². The van der Waals surface area contributed by atoms with Crippen LogP contribution in [0.3, 0.4) is 0 Å². The Bertz CT molecular complexity index is 1360. The summed E-state index contributed by atoms with van der Waals surface area (Å²) >= 11 is 0. The van der Waals surface area contributed by atoms with Crippen LogP contribution in [0.25, 0.3) is 11.5 Å². The molecule has 4 aromatic rings. The molecule has 174 valence electrons. The molecule has 0 spiro atoms. The minimum atomic E-state index is -3.84. The molecule has 0 radical (unpaired) electrons. The lowest BCUT2D eigenvalue weighted by molar-refractivity contribution is 0.245. The molecule has 5 rings (SSSR count). The van der Waals surface area contributed by atoms with Gasteiger partial charge in [0.2, 0.25) is 26.6 Å². The van der Waals surface area contributed by atoms with Crippen molar-refractivity contribution in [3.8, 4) is 11.5 Å². The monoisotopic (exact) mass is 473 g/mol. The average molecular weight is 474 g/mol. The maximum absolute atomic E-state index is 13.6. The van der Waals surface area contributed by atoms with Crippen molar-refractivity contribution in [1.82, 2.24) is 9.88 Å². The minimum absolute atomic E-state index is 0.0199. The van der Waals surface area contributed by atoms with Crippen LogP contribution in [0.5, 0.6) is 0 Å². The highest BCUT2D eigenvalue weighted by atomic mass is 32.2. The number of piperazine rings is 1. The number of oxazole rings is 1. The van der Waals surface area contributed by atoms with Gasteiger partial charge in [-0.3, -0.25) is 4.90 Å². The van der Waals surface area contributed by atoms with Crippen molar-refractivity contribution < 1.29 is 12.8 Å². The number of hydrogen-bond donors (Lipinski definition) is 0. The number of anilines is 1. The zero-order chi connectivity index (χ0) is 23.5. The van der Waals surface area contributed by atoms with Crippen LogP contribution < -0.4 is 4.90 Å². The molecule has 1 saturated heterocycles. The Morgan fingerprint density at radius 3 is 2.12 bits per heavy atom. The van der Waals surface area contributed by atoms with E-state index in [-0.39, 0.29) is 9.92 Å². The highest BCUT2D eigenvalue weighted by Gasteiger charge is 2.33. The van der Waals surface area contributed by atoms with Gasteiger partial charge in [-0.15, -0.1) is 0 Å². The Hall–Kier alpha value is -3.42. The van der Waals surface area contributed by atoms with Crippen molar-refractivity contribution >= 4 is 15.7 Å². The maximum atomic E-state index is 13.6. The van der Waals surface area contributed by atoms with Gasteiger partial charge in [0.05, 0.1) is 4.90 Å². The molecule has 1 aliphatic heterocycles. The maximum Gasteiger partial charge on any atom is 0.236 e. The largest absolute Gasteiger partial charge is 0.419 e. The highest BCUT2D eigenvalue weighted by molar-refractivity contribution is 7.91. The van der Waals surface area contributed by atoms with Crippen LogP contribution in [-0.4, -0.2) is 44.5 Å². The van der Waals surface area contributed by atoms with Gasteiger partial charge in [-0.25, -0.2) is 8.42 Å². The molecule has 0 atom stereocenters. The Morgan fingerprint density at radius 1 is 0.824 bits per heavy atom. The number of aromatic nitrogens is 1. The summed E-state index contributed by atoms with van der Waals surface area (Å²) in [6.07, 6.45) is 0. The summed E-state index contributed by atoms with van der Waals surface area (Å²) in [6, 6.07) is 26.5. The Kier molecular flexibility index (Phi) is 6.22. The van der Waals surface area contributed by atoms with Crippen LogP contribution in [0.1, 0.15) is 11.1 Å². The minimum Gasteiger partial charge on any atom is -0.419 e. The molecule has 2 heterocycles. The smallest absolute Gasteiger partial charge is 0.236 e. The molecule has 3 aromatic carbocycles. The topological polar surface area (TPSA) is 66.7 Å². The number of hydrogen-bond acceptors (Lipinski definition) is 6. The number of benzene rings is 3. The molecule has 6 nitrogen and oxygen atoms in total. The summed E-state index contributed by atoms with van der Waals surface area (Å²) in [4.78, 5) is 9.13. The number of aryl methyl sites for hydroxylation is 1. The van der Waals surface area contributed by atoms with Crippen molar-refractivity contribution in [3.05, 3.63) is 96.1 Å². The molecular formula is C27H27N3O3S. The second-order valence-corrected chi connectivity index (χ2v) is 10.4. The van der Waals surface area contributed by atoms with Crippen LogP contribution >= 0.6 is 0 Å². The van der Waals surface area contributed by atoms with Crippen LogP contribution in [0.4, 0.5) is 5.88 Å². The Morgan fingerprint density at radius 2 is 1.44 bits per heavy atom. The first-order valence-corrected chi connectivity index (χ1v) is 12.9. The summed E-state index contributed by atoms with van der Waals surface area (Å²) in [7, 11) is -3.84. The van der Waals surface area contributed by atoms with Gasteiger partial charge in [0.15, 0.2) is 0 Å². The van der Waals surface area contributed by atoms with Crippen molar-refractivity contribution in [1.29, 1.82) is 0 Å². The molecule has 7 heteroatoms. The van der Waals surface area contributed by atoms with Crippen LogP contribution in [0, 0.1) is 6.92 Å². The molecule has 0 N–H and O–H groups in total. The normalized spacial score (nSPS) is 14.9. The van der Waals surface area contributed by atoms with E-state index in [0.29, 0.717) is 24.9 Å². The average Bonchev–Trinajstić information content (AvgIpc) is 3.32. The molecule has 0 amide bonds. The first kappa shape index (κ1) is 22.4. The molecule has 1 aliphatic rings. The molecule has 0 saturated carbocycles. The van der Waals surface area contributed by atoms with E-state index in [0.717, 1.165) is 30.8 Å².